The first-order chi connectivity index (χ1) is 5.59. The van der Waals surface area contributed by atoms with Gasteiger partial charge in [-0.2, -0.15) is 0 Å². The van der Waals surface area contributed by atoms with Crippen LogP contribution < -0.4 is 0 Å². The Morgan fingerprint density at radius 2 is 2.08 bits per heavy atom. The Balaban J connectivity index is 2.06. The van der Waals surface area contributed by atoms with Crippen LogP contribution in [-0.2, 0) is 4.79 Å². The molecule has 1 fully saturated rings. The summed E-state index contributed by atoms with van der Waals surface area (Å²) >= 11 is 0. The molecule has 1 aliphatic heterocycles. The maximum Gasteiger partial charge on any atom is 0.131 e. The van der Waals surface area contributed by atoms with E-state index in [1.54, 1.807) is 6.92 Å². The Hall–Kier alpha value is -0.370. The number of nitrogens with zero attached hydrogens (tertiary/aromatic N) is 1. The van der Waals surface area contributed by atoms with Gasteiger partial charge in [0.15, 0.2) is 0 Å². The van der Waals surface area contributed by atoms with E-state index in [2.05, 4.69) is 18.7 Å². The Labute approximate surface area is 74.9 Å². The van der Waals surface area contributed by atoms with E-state index >= 15 is 0 Å². The molecule has 0 amide bonds. The van der Waals surface area contributed by atoms with Crippen LogP contribution in [0.5, 0.6) is 0 Å². The number of ketones is 1. The van der Waals surface area contributed by atoms with Crippen molar-refractivity contribution >= 4 is 5.78 Å². The van der Waals surface area contributed by atoms with E-state index in [0.717, 1.165) is 24.8 Å². The van der Waals surface area contributed by atoms with Crippen molar-refractivity contribution < 1.29 is 4.79 Å². The molecule has 0 N–H and O–H groups in total. The van der Waals surface area contributed by atoms with Gasteiger partial charge in [-0.05, 0) is 18.8 Å². The van der Waals surface area contributed by atoms with E-state index in [-0.39, 0.29) is 0 Å². The van der Waals surface area contributed by atoms with Gasteiger partial charge in [-0.25, -0.2) is 0 Å². The predicted molar refractivity (Wildman–Crippen MR) is 50.1 cm³/mol. The van der Waals surface area contributed by atoms with E-state index in [4.69, 9.17) is 0 Å². The summed E-state index contributed by atoms with van der Waals surface area (Å²) in [5, 5.41) is 0. The summed E-state index contributed by atoms with van der Waals surface area (Å²) in [5.41, 5.74) is 0. The molecule has 0 unspecified atom stereocenters. The zero-order chi connectivity index (χ0) is 9.14. The molecule has 0 radical (unpaired) electrons. The number of rotatable bonds is 4. The lowest BCUT2D eigenvalue weighted by molar-refractivity contribution is -0.117. The number of likely N-dealkylation sites (tertiary alicyclic amines) is 1. The first-order valence-electron chi connectivity index (χ1n) is 4.81. The molecule has 1 rings (SSSR count). The lowest BCUT2D eigenvalue weighted by Crippen LogP contribution is -2.49. The normalized spacial score (nSPS) is 19.7. The zero-order valence-electron chi connectivity index (χ0n) is 8.34. The summed E-state index contributed by atoms with van der Waals surface area (Å²) in [7, 11) is 0. The van der Waals surface area contributed by atoms with Crippen LogP contribution in [0.4, 0.5) is 0 Å². The molecule has 1 saturated heterocycles. The monoisotopic (exact) mass is 169 g/mol. The fourth-order valence-corrected chi connectivity index (χ4v) is 1.53. The number of Topliss-reactive ketones (excluding diaryl/α,β-unsaturated/α-hetero) is 1. The van der Waals surface area contributed by atoms with E-state index in [9.17, 15) is 4.79 Å². The average Bonchev–Trinajstić information content (AvgIpc) is 1.82. The average molecular weight is 169 g/mol. The third kappa shape index (κ3) is 2.59. The number of hydrogen-bond acceptors (Lipinski definition) is 2. The quantitative estimate of drug-likeness (QED) is 0.636. The Morgan fingerprint density at radius 1 is 1.50 bits per heavy atom. The van der Waals surface area contributed by atoms with Gasteiger partial charge in [0.25, 0.3) is 0 Å². The van der Waals surface area contributed by atoms with Gasteiger partial charge in [-0.1, -0.05) is 13.8 Å². The molecule has 0 saturated carbocycles. The number of hydrogen-bond donors (Lipinski definition) is 0. The first kappa shape index (κ1) is 9.72. The van der Waals surface area contributed by atoms with E-state index in [1.807, 2.05) is 0 Å². The molecule has 1 heterocycles. The molecular formula is C10H19NO. The third-order valence-electron chi connectivity index (χ3n) is 2.71. The van der Waals surface area contributed by atoms with Crippen LogP contribution in [0.15, 0.2) is 0 Å². The van der Waals surface area contributed by atoms with Crippen molar-refractivity contribution in [3.8, 4) is 0 Å². The summed E-state index contributed by atoms with van der Waals surface area (Å²) < 4.78 is 0. The van der Waals surface area contributed by atoms with E-state index < -0.39 is 0 Å². The van der Waals surface area contributed by atoms with Crippen LogP contribution in [-0.4, -0.2) is 30.3 Å². The molecule has 0 aromatic heterocycles. The Morgan fingerprint density at radius 3 is 2.50 bits per heavy atom. The SMILES string of the molecule is CC(=O)CCN1CC(C(C)C)C1. The van der Waals surface area contributed by atoms with E-state index in [1.165, 1.54) is 13.1 Å². The van der Waals surface area contributed by atoms with Crippen LogP contribution in [0.2, 0.25) is 0 Å². The van der Waals surface area contributed by atoms with Gasteiger partial charge >= 0.3 is 0 Å². The van der Waals surface area contributed by atoms with Crippen LogP contribution in [0.1, 0.15) is 27.2 Å². The second-order valence-corrected chi connectivity index (χ2v) is 4.22. The molecule has 0 bridgehead atoms. The lowest BCUT2D eigenvalue weighted by atomic mass is 9.88. The highest BCUT2D eigenvalue weighted by Gasteiger charge is 2.28. The van der Waals surface area contributed by atoms with Crippen molar-refractivity contribution in [2.24, 2.45) is 11.8 Å². The molecule has 0 aromatic rings. The summed E-state index contributed by atoms with van der Waals surface area (Å²) in [6, 6.07) is 0. The second-order valence-electron chi connectivity index (χ2n) is 4.22. The molecule has 0 atom stereocenters. The number of carbonyl (C=O) groups excluding carboxylic acids is 1. The summed E-state index contributed by atoms with van der Waals surface area (Å²) in [6.07, 6.45) is 0.727. The van der Waals surface area contributed by atoms with Crippen LogP contribution in [0.3, 0.4) is 0 Å². The number of carbonyl (C=O) groups is 1. The highest BCUT2D eigenvalue weighted by molar-refractivity contribution is 5.75. The van der Waals surface area contributed by atoms with E-state index in [0.29, 0.717) is 5.78 Å². The smallest absolute Gasteiger partial charge is 0.131 e. The molecular weight excluding hydrogens is 150 g/mol. The van der Waals surface area contributed by atoms with Crippen molar-refractivity contribution in [1.29, 1.82) is 0 Å². The first-order valence-corrected chi connectivity index (χ1v) is 4.81. The largest absolute Gasteiger partial charge is 0.302 e. The van der Waals surface area contributed by atoms with Gasteiger partial charge in [0.1, 0.15) is 5.78 Å². The molecule has 0 aliphatic carbocycles. The minimum Gasteiger partial charge on any atom is -0.302 e. The highest BCUT2D eigenvalue weighted by atomic mass is 16.1. The van der Waals surface area contributed by atoms with Crippen molar-refractivity contribution in [2.45, 2.75) is 27.2 Å². The molecule has 70 valence electrons. The maximum absolute atomic E-state index is 10.7. The maximum atomic E-state index is 10.7. The zero-order valence-corrected chi connectivity index (χ0v) is 8.34. The van der Waals surface area contributed by atoms with Gasteiger partial charge in [0.2, 0.25) is 0 Å². The Kier molecular flexibility index (Phi) is 3.27. The van der Waals surface area contributed by atoms with Gasteiger partial charge in [-0.15, -0.1) is 0 Å². The van der Waals surface area contributed by atoms with Crippen molar-refractivity contribution in [3.05, 3.63) is 0 Å². The van der Waals surface area contributed by atoms with Crippen molar-refractivity contribution in [2.75, 3.05) is 19.6 Å². The summed E-state index contributed by atoms with van der Waals surface area (Å²) in [5.74, 6) is 1.98. The van der Waals surface area contributed by atoms with Crippen LogP contribution in [0.25, 0.3) is 0 Å². The fourth-order valence-electron chi connectivity index (χ4n) is 1.53. The molecule has 0 aromatic carbocycles. The second kappa shape index (κ2) is 4.04. The molecule has 12 heavy (non-hydrogen) atoms. The van der Waals surface area contributed by atoms with Crippen LogP contribution in [0, 0.1) is 11.8 Å². The standard InChI is InChI=1S/C10H19NO/c1-8(2)10-6-11(7-10)5-4-9(3)12/h8,10H,4-7H2,1-3H3. The molecule has 0 spiro atoms. The lowest BCUT2D eigenvalue weighted by Gasteiger charge is -2.41. The van der Waals surface area contributed by atoms with Crippen molar-refractivity contribution in [3.63, 3.8) is 0 Å². The fraction of sp³-hybridized carbons (Fsp3) is 0.900. The topological polar surface area (TPSA) is 20.3 Å². The summed E-state index contributed by atoms with van der Waals surface area (Å²) in [4.78, 5) is 13.0. The molecule has 2 heteroatoms. The Bertz CT molecular complexity index is 159. The highest BCUT2D eigenvalue weighted by Crippen LogP contribution is 2.22. The minimum atomic E-state index is 0.308. The minimum absolute atomic E-state index is 0.308. The third-order valence-corrected chi connectivity index (χ3v) is 2.71. The van der Waals surface area contributed by atoms with Gasteiger partial charge < -0.3 is 4.90 Å². The van der Waals surface area contributed by atoms with Crippen LogP contribution >= 0.6 is 0 Å². The predicted octanol–water partition coefficient (Wildman–Crippen LogP) is 1.55. The molecule has 2 nitrogen and oxygen atoms in total. The van der Waals surface area contributed by atoms with Gasteiger partial charge in [-0.3, -0.25) is 4.79 Å². The molecule has 1 aliphatic rings. The van der Waals surface area contributed by atoms with Gasteiger partial charge in [0.05, 0.1) is 0 Å². The summed E-state index contributed by atoms with van der Waals surface area (Å²) in [6.45, 7) is 9.58. The van der Waals surface area contributed by atoms with Gasteiger partial charge in [0, 0.05) is 26.1 Å². The van der Waals surface area contributed by atoms with Crippen molar-refractivity contribution in [1.82, 2.24) is 4.90 Å².